The molecule has 1 unspecified atom stereocenters. The fourth-order valence-electron chi connectivity index (χ4n) is 2.68. The predicted octanol–water partition coefficient (Wildman–Crippen LogP) is 3.15. The summed E-state index contributed by atoms with van der Waals surface area (Å²) in [5.74, 6) is 0.573. The molecule has 20 heavy (non-hydrogen) atoms. The molecule has 0 amide bonds. The second kappa shape index (κ2) is 5.94. The second-order valence-corrected chi connectivity index (χ2v) is 5.64. The molecular formula is C15H18ClN3O. The average molecular weight is 292 g/mol. The van der Waals surface area contributed by atoms with E-state index in [1.54, 1.807) is 0 Å². The Bertz CT molecular complexity index is 605. The Kier molecular flexibility index (Phi) is 4.03. The van der Waals surface area contributed by atoms with Gasteiger partial charge in [-0.15, -0.1) is 10.2 Å². The summed E-state index contributed by atoms with van der Waals surface area (Å²) in [4.78, 5) is 2.36. The van der Waals surface area contributed by atoms with Crippen molar-refractivity contribution in [2.24, 2.45) is 0 Å². The lowest BCUT2D eigenvalue weighted by atomic mass is 10.0. The largest absolute Gasteiger partial charge is 0.474 e. The SMILES string of the molecule is CN1CCCCC1COc1nnc(Cl)c2ccccc12. The molecule has 5 heteroatoms. The Hall–Kier alpha value is -1.39. The number of piperidine rings is 1. The van der Waals surface area contributed by atoms with Gasteiger partial charge in [-0.2, -0.15) is 0 Å². The van der Waals surface area contributed by atoms with Gasteiger partial charge in [-0.05, 0) is 32.5 Å². The Balaban J connectivity index is 1.79. The number of likely N-dealkylation sites (N-methyl/N-ethyl adjacent to an activating group) is 1. The Morgan fingerprint density at radius 2 is 2.05 bits per heavy atom. The highest BCUT2D eigenvalue weighted by Crippen LogP contribution is 2.27. The zero-order chi connectivity index (χ0) is 13.9. The minimum Gasteiger partial charge on any atom is -0.474 e. The molecule has 1 aromatic carbocycles. The van der Waals surface area contributed by atoms with Crippen LogP contribution in [0.5, 0.6) is 5.88 Å². The summed E-state index contributed by atoms with van der Waals surface area (Å²) < 4.78 is 5.91. The van der Waals surface area contributed by atoms with Gasteiger partial charge in [0.15, 0.2) is 5.15 Å². The first kappa shape index (κ1) is 13.6. The van der Waals surface area contributed by atoms with Crippen molar-refractivity contribution < 1.29 is 4.74 Å². The van der Waals surface area contributed by atoms with Gasteiger partial charge in [0.2, 0.25) is 5.88 Å². The molecular weight excluding hydrogens is 274 g/mol. The fourth-order valence-corrected chi connectivity index (χ4v) is 2.89. The number of nitrogens with zero attached hydrogens (tertiary/aromatic N) is 3. The number of halogens is 1. The van der Waals surface area contributed by atoms with Crippen molar-refractivity contribution in [3.63, 3.8) is 0 Å². The molecule has 0 saturated carbocycles. The maximum atomic E-state index is 6.06. The maximum absolute atomic E-state index is 6.06. The van der Waals surface area contributed by atoms with Crippen molar-refractivity contribution in [1.29, 1.82) is 0 Å². The number of likely N-dealkylation sites (tertiary alicyclic amines) is 1. The van der Waals surface area contributed by atoms with Gasteiger partial charge in [0.05, 0.1) is 0 Å². The normalized spacial score (nSPS) is 20.2. The molecule has 4 nitrogen and oxygen atoms in total. The van der Waals surface area contributed by atoms with Crippen LogP contribution in [-0.2, 0) is 0 Å². The first-order valence-electron chi connectivity index (χ1n) is 6.99. The Morgan fingerprint density at radius 3 is 2.85 bits per heavy atom. The van der Waals surface area contributed by atoms with Crippen molar-refractivity contribution >= 4 is 22.4 Å². The number of benzene rings is 1. The van der Waals surface area contributed by atoms with Crippen LogP contribution in [0.2, 0.25) is 5.15 Å². The van der Waals surface area contributed by atoms with Crippen LogP contribution >= 0.6 is 11.6 Å². The fraction of sp³-hybridized carbons (Fsp3) is 0.467. The third kappa shape index (κ3) is 2.72. The summed E-state index contributed by atoms with van der Waals surface area (Å²) in [6.45, 7) is 1.79. The van der Waals surface area contributed by atoms with Crippen molar-refractivity contribution in [1.82, 2.24) is 15.1 Å². The first-order chi connectivity index (χ1) is 9.75. The van der Waals surface area contributed by atoms with Crippen molar-refractivity contribution in [3.05, 3.63) is 29.4 Å². The predicted molar refractivity (Wildman–Crippen MR) is 80.3 cm³/mol. The molecule has 0 aliphatic carbocycles. The Morgan fingerprint density at radius 1 is 1.25 bits per heavy atom. The lowest BCUT2D eigenvalue weighted by Gasteiger charge is -2.31. The molecule has 1 atom stereocenters. The van der Waals surface area contributed by atoms with Gasteiger partial charge >= 0.3 is 0 Å². The van der Waals surface area contributed by atoms with E-state index in [0.717, 1.165) is 17.3 Å². The van der Waals surface area contributed by atoms with Crippen LogP contribution in [0.25, 0.3) is 10.8 Å². The molecule has 0 radical (unpaired) electrons. The van der Waals surface area contributed by atoms with Gasteiger partial charge in [-0.3, -0.25) is 0 Å². The molecule has 0 bridgehead atoms. The second-order valence-electron chi connectivity index (χ2n) is 5.28. The number of ether oxygens (including phenoxy) is 1. The van der Waals surface area contributed by atoms with Crippen LogP contribution in [0.1, 0.15) is 19.3 Å². The highest BCUT2D eigenvalue weighted by molar-refractivity contribution is 6.34. The smallest absolute Gasteiger partial charge is 0.241 e. The molecule has 1 aliphatic rings. The lowest BCUT2D eigenvalue weighted by molar-refractivity contribution is 0.123. The van der Waals surface area contributed by atoms with Gasteiger partial charge in [-0.1, -0.05) is 36.2 Å². The van der Waals surface area contributed by atoms with E-state index in [1.807, 2.05) is 24.3 Å². The van der Waals surface area contributed by atoms with Crippen molar-refractivity contribution in [3.8, 4) is 5.88 Å². The minimum atomic E-state index is 0.419. The van der Waals surface area contributed by atoms with Crippen molar-refractivity contribution in [2.75, 3.05) is 20.2 Å². The van der Waals surface area contributed by atoms with Crippen molar-refractivity contribution in [2.45, 2.75) is 25.3 Å². The third-order valence-corrected chi connectivity index (χ3v) is 4.22. The van der Waals surface area contributed by atoms with E-state index in [-0.39, 0.29) is 0 Å². The number of rotatable bonds is 3. The lowest BCUT2D eigenvalue weighted by Crippen LogP contribution is -2.40. The van der Waals surface area contributed by atoms with E-state index in [4.69, 9.17) is 16.3 Å². The quantitative estimate of drug-likeness (QED) is 0.871. The monoisotopic (exact) mass is 291 g/mol. The van der Waals surface area contributed by atoms with Gasteiger partial charge in [0, 0.05) is 16.8 Å². The molecule has 0 N–H and O–H groups in total. The molecule has 1 saturated heterocycles. The molecule has 3 rings (SSSR count). The zero-order valence-electron chi connectivity index (χ0n) is 11.6. The van der Waals surface area contributed by atoms with E-state index < -0.39 is 0 Å². The summed E-state index contributed by atoms with van der Waals surface area (Å²) in [6, 6.07) is 8.26. The highest BCUT2D eigenvalue weighted by Gasteiger charge is 2.20. The first-order valence-corrected chi connectivity index (χ1v) is 7.37. The molecule has 1 aliphatic heterocycles. The van der Waals surface area contributed by atoms with Gasteiger partial charge in [0.25, 0.3) is 0 Å². The summed E-state index contributed by atoms with van der Waals surface area (Å²) >= 11 is 6.06. The Labute approximate surface area is 123 Å². The molecule has 1 aromatic heterocycles. The number of aromatic nitrogens is 2. The number of fused-ring (bicyclic) bond motifs is 1. The van der Waals surface area contributed by atoms with Gasteiger partial charge in [0.1, 0.15) is 6.61 Å². The van der Waals surface area contributed by atoms with Crippen LogP contribution in [0, 0.1) is 0 Å². The molecule has 2 heterocycles. The van der Waals surface area contributed by atoms with E-state index in [0.29, 0.717) is 23.7 Å². The van der Waals surface area contributed by atoms with Gasteiger partial charge in [-0.25, -0.2) is 0 Å². The minimum absolute atomic E-state index is 0.419. The summed E-state index contributed by atoms with van der Waals surface area (Å²) in [5.41, 5.74) is 0. The maximum Gasteiger partial charge on any atom is 0.241 e. The van der Waals surface area contributed by atoms with Gasteiger partial charge < -0.3 is 9.64 Å². The topological polar surface area (TPSA) is 38.2 Å². The van der Waals surface area contributed by atoms with E-state index >= 15 is 0 Å². The van der Waals surface area contributed by atoms with Crippen LogP contribution < -0.4 is 4.74 Å². The van der Waals surface area contributed by atoms with Crippen LogP contribution in [0.3, 0.4) is 0 Å². The number of hydrogen-bond donors (Lipinski definition) is 0. The molecule has 106 valence electrons. The van der Waals surface area contributed by atoms with Crippen LogP contribution in [0.4, 0.5) is 0 Å². The third-order valence-electron chi connectivity index (χ3n) is 3.94. The number of hydrogen-bond acceptors (Lipinski definition) is 4. The molecule has 2 aromatic rings. The highest BCUT2D eigenvalue weighted by atomic mass is 35.5. The van der Waals surface area contributed by atoms with E-state index in [9.17, 15) is 0 Å². The molecule has 0 spiro atoms. The van der Waals surface area contributed by atoms with E-state index in [2.05, 4.69) is 22.1 Å². The van der Waals surface area contributed by atoms with Crippen LogP contribution in [-0.4, -0.2) is 41.3 Å². The standard InChI is InChI=1S/C15H18ClN3O/c1-19-9-5-4-6-11(19)10-20-15-13-8-3-2-7-12(13)14(16)17-18-15/h2-3,7-8,11H,4-6,9-10H2,1H3. The molecule has 1 fully saturated rings. The van der Waals surface area contributed by atoms with E-state index in [1.165, 1.54) is 19.3 Å². The average Bonchev–Trinajstić information content (AvgIpc) is 2.48. The zero-order valence-corrected chi connectivity index (χ0v) is 12.3. The van der Waals surface area contributed by atoms with Crippen LogP contribution in [0.15, 0.2) is 24.3 Å². The summed E-state index contributed by atoms with van der Waals surface area (Å²) in [6.07, 6.45) is 3.72. The summed E-state index contributed by atoms with van der Waals surface area (Å²) in [7, 11) is 2.15. The summed E-state index contributed by atoms with van der Waals surface area (Å²) in [5, 5.41) is 10.3.